The van der Waals surface area contributed by atoms with Crippen LogP contribution in [0.2, 0.25) is 0 Å². The van der Waals surface area contributed by atoms with E-state index in [0.717, 1.165) is 40.2 Å². The highest BCUT2D eigenvalue weighted by Gasteiger charge is 2.41. The average Bonchev–Trinajstić information content (AvgIpc) is 3.64. The van der Waals surface area contributed by atoms with Crippen LogP contribution in [0.5, 0.6) is 5.88 Å². The fourth-order valence-electron chi connectivity index (χ4n) is 4.92. The minimum atomic E-state index is -0.462. The molecule has 168 valence electrons. The summed E-state index contributed by atoms with van der Waals surface area (Å²) in [4.78, 5) is 19.4. The quantitative estimate of drug-likeness (QED) is 0.628. The Morgan fingerprint density at radius 1 is 1.06 bits per heavy atom. The Balaban J connectivity index is 1.44. The maximum atomic E-state index is 12.7. The third-order valence-electron chi connectivity index (χ3n) is 7.05. The maximum absolute atomic E-state index is 12.7. The van der Waals surface area contributed by atoms with E-state index in [1.54, 1.807) is 0 Å². The van der Waals surface area contributed by atoms with Crippen molar-refractivity contribution in [2.45, 2.75) is 37.3 Å². The molecule has 1 aromatic heterocycles. The van der Waals surface area contributed by atoms with Gasteiger partial charge in [-0.05, 0) is 48.8 Å². The molecule has 3 aliphatic rings. The normalized spacial score (nSPS) is 24.1. The van der Waals surface area contributed by atoms with Gasteiger partial charge < -0.3 is 20.5 Å². The van der Waals surface area contributed by atoms with E-state index < -0.39 is 5.54 Å². The Labute approximate surface area is 193 Å². The molecule has 3 aromatic rings. The largest absolute Gasteiger partial charge is 0.466 e. The molecule has 2 aliphatic carbocycles. The van der Waals surface area contributed by atoms with E-state index in [2.05, 4.69) is 12.1 Å². The molecule has 6 heteroatoms. The Kier molecular flexibility index (Phi) is 4.75. The summed E-state index contributed by atoms with van der Waals surface area (Å²) in [6.45, 7) is 0.747. The molecule has 33 heavy (non-hydrogen) atoms. The van der Waals surface area contributed by atoms with Crippen LogP contribution in [0.25, 0.3) is 22.4 Å². The molecule has 0 saturated heterocycles. The van der Waals surface area contributed by atoms with Crippen LogP contribution < -0.4 is 15.4 Å². The topological polar surface area (TPSA) is 88.7 Å². The van der Waals surface area contributed by atoms with E-state index in [-0.39, 0.29) is 18.6 Å². The summed E-state index contributed by atoms with van der Waals surface area (Å²) in [5, 5.41) is 9.72. The standard InChI is InChI=1S/C27H27N3O3/c28-27(13-21(31)14-27)20-10-8-19(9-11-20)25-22(18-4-2-1-3-5-18)12-23-26(29-25)33-16-24(32)30(23)15-17-6-7-17/h1-5,8-12,17,21,31H,6-7,13-16,28H2/t21-,27+. The number of anilines is 1. The molecule has 2 heterocycles. The number of nitrogens with zero attached hydrogens (tertiary/aromatic N) is 2. The minimum absolute atomic E-state index is 0.0109. The van der Waals surface area contributed by atoms with Crippen molar-refractivity contribution in [2.75, 3.05) is 18.1 Å². The number of benzene rings is 2. The summed E-state index contributed by atoms with van der Waals surface area (Å²) in [6, 6.07) is 20.3. The lowest BCUT2D eigenvalue weighted by molar-refractivity contribution is -0.121. The van der Waals surface area contributed by atoms with Gasteiger partial charge in [-0.15, -0.1) is 0 Å². The van der Waals surface area contributed by atoms with Gasteiger partial charge in [-0.1, -0.05) is 54.6 Å². The third kappa shape index (κ3) is 3.69. The predicted molar refractivity (Wildman–Crippen MR) is 127 cm³/mol. The zero-order valence-electron chi connectivity index (χ0n) is 18.4. The highest BCUT2D eigenvalue weighted by Crippen LogP contribution is 2.43. The fraction of sp³-hybridized carbons (Fsp3) is 0.333. The van der Waals surface area contributed by atoms with Crippen LogP contribution in [-0.2, 0) is 10.3 Å². The van der Waals surface area contributed by atoms with Crippen LogP contribution in [0.15, 0.2) is 60.7 Å². The number of aliphatic hydroxyl groups excluding tert-OH is 1. The predicted octanol–water partition coefficient (Wildman–Crippen LogP) is 3.86. The molecule has 0 bridgehead atoms. The number of rotatable bonds is 5. The summed E-state index contributed by atoms with van der Waals surface area (Å²) in [6.07, 6.45) is 3.18. The van der Waals surface area contributed by atoms with Crippen LogP contribution in [0.1, 0.15) is 31.2 Å². The van der Waals surface area contributed by atoms with Gasteiger partial charge in [0.2, 0.25) is 5.88 Å². The molecule has 6 nitrogen and oxygen atoms in total. The number of carbonyl (C=O) groups is 1. The Morgan fingerprint density at radius 3 is 2.45 bits per heavy atom. The van der Waals surface area contributed by atoms with E-state index >= 15 is 0 Å². The van der Waals surface area contributed by atoms with Gasteiger partial charge in [0.25, 0.3) is 5.91 Å². The number of aliphatic hydroxyl groups is 1. The fourth-order valence-corrected chi connectivity index (χ4v) is 4.92. The molecule has 2 saturated carbocycles. The van der Waals surface area contributed by atoms with Gasteiger partial charge in [-0.3, -0.25) is 4.79 Å². The smallest absolute Gasteiger partial charge is 0.265 e. The van der Waals surface area contributed by atoms with E-state index in [1.807, 2.05) is 53.4 Å². The van der Waals surface area contributed by atoms with E-state index in [1.165, 1.54) is 12.8 Å². The molecule has 0 radical (unpaired) electrons. The number of pyridine rings is 1. The Hall–Kier alpha value is -3.22. The second kappa shape index (κ2) is 7.68. The van der Waals surface area contributed by atoms with Gasteiger partial charge in [0.05, 0.1) is 11.8 Å². The zero-order chi connectivity index (χ0) is 22.6. The van der Waals surface area contributed by atoms with Crippen molar-refractivity contribution >= 4 is 11.6 Å². The highest BCUT2D eigenvalue weighted by molar-refractivity contribution is 5.99. The number of aromatic nitrogens is 1. The molecule has 0 unspecified atom stereocenters. The van der Waals surface area contributed by atoms with Crippen molar-refractivity contribution in [3.05, 3.63) is 66.2 Å². The van der Waals surface area contributed by atoms with Crippen LogP contribution in [0, 0.1) is 5.92 Å². The van der Waals surface area contributed by atoms with Crippen molar-refractivity contribution in [1.82, 2.24) is 4.98 Å². The van der Waals surface area contributed by atoms with Crippen LogP contribution in [-0.4, -0.2) is 35.3 Å². The van der Waals surface area contributed by atoms with E-state index in [9.17, 15) is 9.90 Å². The molecular weight excluding hydrogens is 414 g/mol. The first-order chi connectivity index (χ1) is 16.0. The maximum Gasteiger partial charge on any atom is 0.265 e. The third-order valence-corrected chi connectivity index (χ3v) is 7.05. The lowest BCUT2D eigenvalue weighted by atomic mass is 9.70. The first-order valence-electron chi connectivity index (χ1n) is 11.6. The second-order valence-electron chi connectivity index (χ2n) is 9.61. The van der Waals surface area contributed by atoms with Gasteiger partial charge in [0.15, 0.2) is 6.61 Å². The van der Waals surface area contributed by atoms with Crippen molar-refractivity contribution in [3.8, 4) is 28.3 Å². The summed E-state index contributed by atoms with van der Waals surface area (Å²) >= 11 is 0. The summed E-state index contributed by atoms with van der Waals surface area (Å²) in [5.74, 6) is 1.07. The Morgan fingerprint density at radius 2 is 1.79 bits per heavy atom. The second-order valence-corrected chi connectivity index (χ2v) is 9.61. The minimum Gasteiger partial charge on any atom is -0.466 e. The summed E-state index contributed by atoms with van der Waals surface area (Å²) in [7, 11) is 0. The first kappa shape index (κ1) is 20.4. The molecule has 0 atom stereocenters. The monoisotopic (exact) mass is 441 g/mol. The number of carbonyl (C=O) groups excluding carboxylic acids is 1. The Bertz CT molecular complexity index is 1200. The van der Waals surface area contributed by atoms with Crippen molar-refractivity contribution in [1.29, 1.82) is 0 Å². The van der Waals surface area contributed by atoms with Crippen LogP contribution in [0.4, 0.5) is 5.69 Å². The zero-order valence-corrected chi connectivity index (χ0v) is 18.4. The van der Waals surface area contributed by atoms with Crippen LogP contribution in [0.3, 0.4) is 0 Å². The summed E-state index contributed by atoms with van der Waals surface area (Å²) in [5.41, 5.74) is 11.5. The molecular formula is C27H27N3O3. The first-order valence-corrected chi connectivity index (χ1v) is 11.6. The number of hydrogen-bond donors (Lipinski definition) is 2. The highest BCUT2D eigenvalue weighted by atomic mass is 16.5. The van der Waals surface area contributed by atoms with Gasteiger partial charge in [0.1, 0.15) is 5.69 Å². The molecule has 1 aliphatic heterocycles. The molecule has 0 spiro atoms. The number of nitrogens with two attached hydrogens (primary N) is 1. The van der Waals surface area contributed by atoms with Gasteiger partial charge >= 0.3 is 0 Å². The molecule has 1 amide bonds. The molecule has 2 aromatic carbocycles. The SMILES string of the molecule is N[C@]1(c2ccc(-c3nc4c(cc3-c3ccccc3)N(CC3CC3)C(=O)CO4)cc2)C[C@H](O)C1. The van der Waals surface area contributed by atoms with Crippen molar-refractivity contribution < 1.29 is 14.6 Å². The number of ether oxygens (including phenoxy) is 1. The van der Waals surface area contributed by atoms with Crippen LogP contribution >= 0.6 is 0 Å². The number of amides is 1. The lowest BCUT2D eigenvalue weighted by Crippen LogP contribution is -2.51. The van der Waals surface area contributed by atoms with E-state index in [0.29, 0.717) is 24.6 Å². The van der Waals surface area contributed by atoms with Crippen molar-refractivity contribution in [2.24, 2.45) is 11.7 Å². The number of fused-ring (bicyclic) bond motifs is 1. The van der Waals surface area contributed by atoms with Gasteiger partial charge in [0, 0.05) is 23.2 Å². The lowest BCUT2D eigenvalue weighted by Gasteiger charge is -2.42. The number of hydrogen-bond acceptors (Lipinski definition) is 5. The van der Waals surface area contributed by atoms with Crippen molar-refractivity contribution in [3.63, 3.8) is 0 Å². The van der Waals surface area contributed by atoms with E-state index in [4.69, 9.17) is 15.5 Å². The molecule has 2 fully saturated rings. The van der Waals surface area contributed by atoms with Gasteiger partial charge in [-0.25, -0.2) is 4.98 Å². The molecule has 3 N–H and O–H groups in total. The van der Waals surface area contributed by atoms with Gasteiger partial charge in [-0.2, -0.15) is 0 Å². The summed E-state index contributed by atoms with van der Waals surface area (Å²) < 4.78 is 5.79. The molecule has 6 rings (SSSR count). The average molecular weight is 442 g/mol.